The number of aryl methyl sites for hydroxylation is 2. The summed E-state index contributed by atoms with van der Waals surface area (Å²) in [6, 6.07) is 0. The van der Waals surface area contributed by atoms with E-state index < -0.39 is 0 Å². The van der Waals surface area contributed by atoms with E-state index in [-0.39, 0.29) is 5.41 Å². The SMILES string of the molecule is Cc1nn(C)c(CN)c1C(C)(C)C. The van der Waals surface area contributed by atoms with Crippen LogP contribution < -0.4 is 5.73 Å². The highest BCUT2D eigenvalue weighted by molar-refractivity contribution is 5.32. The van der Waals surface area contributed by atoms with Crippen LogP contribution in [0.1, 0.15) is 37.7 Å². The normalized spacial score (nSPS) is 12.2. The number of nitrogens with zero attached hydrogens (tertiary/aromatic N) is 2. The van der Waals surface area contributed by atoms with Crippen molar-refractivity contribution in [3.63, 3.8) is 0 Å². The van der Waals surface area contributed by atoms with Gasteiger partial charge in [0.2, 0.25) is 0 Å². The van der Waals surface area contributed by atoms with Crippen LogP contribution in [-0.2, 0) is 19.0 Å². The predicted octanol–water partition coefficient (Wildman–Crippen LogP) is 1.48. The average Bonchev–Trinajstić information content (AvgIpc) is 2.23. The summed E-state index contributed by atoms with van der Waals surface area (Å²) in [6.07, 6.45) is 0. The van der Waals surface area contributed by atoms with E-state index in [1.165, 1.54) is 5.56 Å². The monoisotopic (exact) mass is 181 g/mol. The summed E-state index contributed by atoms with van der Waals surface area (Å²) >= 11 is 0. The van der Waals surface area contributed by atoms with E-state index in [0.717, 1.165) is 11.4 Å². The minimum absolute atomic E-state index is 0.132. The molecule has 0 aliphatic heterocycles. The summed E-state index contributed by atoms with van der Waals surface area (Å²) in [5.74, 6) is 0. The number of hydrogen-bond donors (Lipinski definition) is 1. The van der Waals surface area contributed by atoms with Gasteiger partial charge in [-0.2, -0.15) is 5.10 Å². The van der Waals surface area contributed by atoms with E-state index in [1.54, 1.807) is 0 Å². The zero-order valence-electron chi connectivity index (χ0n) is 9.18. The van der Waals surface area contributed by atoms with Gasteiger partial charge in [0.25, 0.3) is 0 Å². The molecule has 1 aromatic rings. The predicted molar refractivity (Wildman–Crippen MR) is 54.5 cm³/mol. The molecule has 3 heteroatoms. The third-order valence-electron chi connectivity index (χ3n) is 2.28. The molecule has 2 N–H and O–H groups in total. The van der Waals surface area contributed by atoms with Crippen molar-refractivity contribution in [2.45, 2.75) is 39.7 Å². The molecule has 0 saturated heterocycles. The van der Waals surface area contributed by atoms with Crippen LogP contribution in [0, 0.1) is 6.92 Å². The lowest BCUT2D eigenvalue weighted by atomic mass is 9.85. The van der Waals surface area contributed by atoms with Crippen molar-refractivity contribution in [3.05, 3.63) is 17.0 Å². The van der Waals surface area contributed by atoms with Crippen molar-refractivity contribution < 1.29 is 0 Å². The molecule has 0 aliphatic carbocycles. The fourth-order valence-electron chi connectivity index (χ4n) is 1.92. The molecule has 1 aromatic heterocycles. The highest BCUT2D eigenvalue weighted by Crippen LogP contribution is 2.28. The summed E-state index contributed by atoms with van der Waals surface area (Å²) in [6.45, 7) is 9.17. The van der Waals surface area contributed by atoms with E-state index in [4.69, 9.17) is 5.73 Å². The average molecular weight is 181 g/mol. The summed E-state index contributed by atoms with van der Waals surface area (Å²) in [7, 11) is 1.95. The van der Waals surface area contributed by atoms with E-state index in [0.29, 0.717) is 6.54 Å². The minimum atomic E-state index is 0.132. The molecule has 0 spiro atoms. The van der Waals surface area contributed by atoms with Gasteiger partial charge in [0.1, 0.15) is 0 Å². The molecule has 74 valence electrons. The molecule has 1 rings (SSSR count). The lowest BCUT2D eigenvalue weighted by Crippen LogP contribution is -2.17. The lowest BCUT2D eigenvalue weighted by Gasteiger charge is -2.19. The second kappa shape index (κ2) is 3.14. The van der Waals surface area contributed by atoms with Crippen molar-refractivity contribution in [2.24, 2.45) is 12.8 Å². The Morgan fingerprint density at radius 3 is 2.23 bits per heavy atom. The number of rotatable bonds is 1. The van der Waals surface area contributed by atoms with E-state index in [9.17, 15) is 0 Å². The van der Waals surface area contributed by atoms with Crippen molar-refractivity contribution in [1.29, 1.82) is 0 Å². The van der Waals surface area contributed by atoms with Crippen LogP contribution in [0.4, 0.5) is 0 Å². The first-order chi connectivity index (χ1) is 5.88. The van der Waals surface area contributed by atoms with Gasteiger partial charge in [-0.15, -0.1) is 0 Å². The molecule has 0 fully saturated rings. The van der Waals surface area contributed by atoms with Gasteiger partial charge in [-0.3, -0.25) is 4.68 Å². The Kier molecular flexibility index (Phi) is 2.48. The largest absolute Gasteiger partial charge is 0.325 e. The molecule has 0 radical (unpaired) electrons. The highest BCUT2D eigenvalue weighted by atomic mass is 15.3. The van der Waals surface area contributed by atoms with Crippen molar-refractivity contribution >= 4 is 0 Å². The molecule has 0 saturated carbocycles. The van der Waals surface area contributed by atoms with Crippen LogP contribution in [-0.4, -0.2) is 9.78 Å². The number of hydrogen-bond acceptors (Lipinski definition) is 2. The Morgan fingerprint density at radius 2 is 1.92 bits per heavy atom. The lowest BCUT2D eigenvalue weighted by molar-refractivity contribution is 0.574. The van der Waals surface area contributed by atoms with Crippen molar-refractivity contribution in [1.82, 2.24) is 9.78 Å². The van der Waals surface area contributed by atoms with Gasteiger partial charge in [0.05, 0.1) is 11.4 Å². The minimum Gasteiger partial charge on any atom is -0.325 e. The molecule has 0 amide bonds. The molecule has 0 unspecified atom stereocenters. The maximum atomic E-state index is 5.70. The van der Waals surface area contributed by atoms with Crippen molar-refractivity contribution in [3.8, 4) is 0 Å². The van der Waals surface area contributed by atoms with Gasteiger partial charge in [0.15, 0.2) is 0 Å². The topological polar surface area (TPSA) is 43.8 Å². The van der Waals surface area contributed by atoms with E-state index in [1.807, 2.05) is 18.7 Å². The number of aromatic nitrogens is 2. The zero-order chi connectivity index (χ0) is 10.2. The van der Waals surface area contributed by atoms with E-state index in [2.05, 4.69) is 25.9 Å². The summed E-state index contributed by atoms with van der Waals surface area (Å²) < 4.78 is 1.88. The van der Waals surface area contributed by atoms with E-state index >= 15 is 0 Å². The summed E-state index contributed by atoms with van der Waals surface area (Å²) in [4.78, 5) is 0. The first-order valence-electron chi connectivity index (χ1n) is 4.61. The molecule has 13 heavy (non-hydrogen) atoms. The van der Waals surface area contributed by atoms with Crippen LogP contribution in [0.15, 0.2) is 0 Å². The van der Waals surface area contributed by atoms with Gasteiger partial charge >= 0.3 is 0 Å². The Labute approximate surface area is 79.9 Å². The first kappa shape index (κ1) is 10.3. The Morgan fingerprint density at radius 1 is 1.38 bits per heavy atom. The fraction of sp³-hybridized carbons (Fsp3) is 0.700. The molecule has 1 heterocycles. The third-order valence-corrected chi connectivity index (χ3v) is 2.28. The van der Waals surface area contributed by atoms with Crippen LogP contribution >= 0.6 is 0 Å². The Balaban J connectivity index is 3.34. The zero-order valence-corrected chi connectivity index (χ0v) is 9.18. The van der Waals surface area contributed by atoms with Gasteiger partial charge in [-0.25, -0.2) is 0 Å². The van der Waals surface area contributed by atoms with Crippen LogP contribution in [0.5, 0.6) is 0 Å². The van der Waals surface area contributed by atoms with Gasteiger partial charge in [-0.1, -0.05) is 20.8 Å². The third kappa shape index (κ3) is 1.75. The Bertz CT molecular complexity index is 305. The van der Waals surface area contributed by atoms with Gasteiger partial charge < -0.3 is 5.73 Å². The van der Waals surface area contributed by atoms with Gasteiger partial charge in [-0.05, 0) is 12.3 Å². The van der Waals surface area contributed by atoms with Gasteiger partial charge in [0, 0.05) is 19.2 Å². The maximum Gasteiger partial charge on any atom is 0.0634 e. The smallest absolute Gasteiger partial charge is 0.0634 e. The Hall–Kier alpha value is -0.830. The maximum absolute atomic E-state index is 5.70. The quantitative estimate of drug-likeness (QED) is 0.713. The first-order valence-corrected chi connectivity index (χ1v) is 4.61. The highest BCUT2D eigenvalue weighted by Gasteiger charge is 2.23. The second-order valence-electron chi connectivity index (χ2n) is 4.48. The fourth-order valence-corrected chi connectivity index (χ4v) is 1.92. The van der Waals surface area contributed by atoms with Crippen LogP contribution in [0.2, 0.25) is 0 Å². The molecular weight excluding hydrogens is 162 g/mol. The molecule has 0 atom stereocenters. The molecule has 0 bridgehead atoms. The van der Waals surface area contributed by atoms with Crippen molar-refractivity contribution in [2.75, 3.05) is 0 Å². The molecule has 0 aromatic carbocycles. The summed E-state index contributed by atoms with van der Waals surface area (Å²) in [5.41, 5.74) is 9.36. The molecule has 3 nitrogen and oxygen atoms in total. The summed E-state index contributed by atoms with van der Waals surface area (Å²) in [5, 5.41) is 4.38. The molecule has 0 aliphatic rings. The molecular formula is C10H19N3. The number of nitrogens with two attached hydrogens (primary N) is 1. The second-order valence-corrected chi connectivity index (χ2v) is 4.48. The standard InChI is InChI=1S/C10H19N3/c1-7-9(10(2,3)4)8(6-11)13(5)12-7/h6,11H2,1-5H3. The van der Waals surface area contributed by atoms with Crippen LogP contribution in [0.3, 0.4) is 0 Å². The van der Waals surface area contributed by atoms with Crippen LogP contribution in [0.25, 0.3) is 0 Å².